The van der Waals surface area contributed by atoms with E-state index in [-0.39, 0.29) is 0 Å². The van der Waals surface area contributed by atoms with E-state index in [9.17, 15) is 0 Å². The van der Waals surface area contributed by atoms with Gasteiger partial charge in [0.25, 0.3) is 0 Å². The van der Waals surface area contributed by atoms with Crippen LogP contribution in [0.25, 0.3) is 0 Å². The van der Waals surface area contributed by atoms with Crippen molar-refractivity contribution in [1.82, 2.24) is 9.55 Å². The van der Waals surface area contributed by atoms with Gasteiger partial charge in [-0.15, -0.1) is 0 Å². The lowest BCUT2D eigenvalue weighted by atomic mass is 10.3. The Morgan fingerprint density at radius 3 is 3.00 bits per heavy atom. The Bertz CT molecular complexity index is 247. The van der Waals surface area contributed by atoms with Crippen molar-refractivity contribution in [2.45, 2.75) is 19.4 Å². The maximum atomic E-state index is 4.21. The fourth-order valence-electron chi connectivity index (χ4n) is 1.09. The number of imidazole rings is 1. The summed E-state index contributed by atoms with van der Waals surface area (Å²) in [7, 11) is 2.00. The Morgan fingerprint density at radius 2 is 2.46 bits per heavy atom. The van der Waals surface area contributed by atoms with Crippen molar-refractivity contribution in [3.05, 3.63) is 12.4 Å². The minimum Gasteiger partial charge on any atom is -0.353 e. The monoisotopic (exact) mass is 199 g/mol. The van der Waals surface area contributed by atoms with E-state index in [1.807, 2.05) is 35.8 Å². The van der Waals surface area contributed by atoms with Crippen LogP contribution in [0.4, 0.5) is 5.95 Å². The van der Waals surface area contributed by atoms with Crippen molar-refractivity contribution in [3.8, 4) is 0 Å². The van der Waals surface area contributed by atoms with Crippen molar-refractivity contribution in [3.63, 3.8) is 0 Å². The smallest absolute Gasteiger partial charge is 0.202 e. The molecule has 1 unspecified atom stereocenters. The molecule has 1 aromatic rings. The highest BCUT2D eigenvalue weighted by Crippen LogP contribution is 2.07. The van der Waals surface area contributed by atoms with Crippen molar-refractivity contribution >= 4 is 17.7 Å². The molecule has 1 heterocycles. The first-order valence-electron chi connectivity index (χ1n) is 4.47. The largest absolute Gasteiger partial charge is 0.353 e. The molecule has 13 heavy (non-hydrogen) atoms. The molecule has 1 rings (SSSR count). The van der Waals surface area contributed by atoms with Crippen LogP contribution in [0.3, 0.4) is 0 Å². The number of hydrogen-bond acceptors (Lipinski definition) is 3. The summed E-state index contributed by atoms with van der Waals surface area (Å²) in [6.07, 6.45) is 7.06. The lowest BCUT2D eigenvalue weighted by Gasteiger charge is -2.13. The maximum absolute atomic E-state index is 4.21. The highest BCUT2D eigenvalue weighted by Gasteiger charge is 2.03. The summed E-state index contributed by atoms with van der Waals surface area (Å²) >= 11 is 1.88. The Balaban J connectivity index is 2.36. The molecular formula is C9H17N3S. The average Bonchev–Trinajstić information content (AvgIpc) is 2.48. The summed E-state index contributed by atoms with van der Waals surface area (Å²) in [6.45, 7) is 2.19. The number of hydrogen-bond donors (Lipinski definition) is 1. The predicted octanol–water partition coefficient (Wildman–Crippen LogP) is 1.97. The van der Waals surface area contributed by atoms with Crippen molar-refractivity contribution in [2.24, 2.45) is 7.05 Å². The fourth-order valence-corrected chi connectivity index (χ4v) is 1.68. The standard InChI is InChI=1S/C9H17N3S/c1-8(4-7-13-3)11-9-10-5-6-12(9)2/h5-6,8H,4,7H2,1-3H3,(H,10,11). The number of anilines is 1. The highest BCUT2D eigenvalue weighted by atomic mass is 32.2. The van der Waals surface area contributed by atoms with E-state index >= 15 is 0 Å². The van der Waals surface area contributed by atoms with Crippen LogP contribution in [-0.2, 0) is 7.05 Å². The van der Waals surface area contributed by atoms with Crippen LogP contribution >= 0.6 is 11.8 Å². The second-order valence-electron chi connectivity index (χ2n) is 3.19. The van der Waals surface area contributed by atoms with Gasteiger partial charge in [-0.1, -0.05) is 0 Å². The lowest BCUT2D eigenvalue weighted by Crippen LogP contribution is -2.18. The first-order valence-corrected chi connectivity index (χ1v) is 5.86. The predicted molar refractivity (Wildman–Crippen MR) is 59.3 cm³/mol. The maximum Gasteiger partial charge on any atom is 0.202 e. The molecule has 1 aromatic heterocycles. The molecule has 0 aromatic carbocycles. The number of rotatable bonds is 5. The molecule has 0 amide bonds. The molecule has 0 aliphatic heterocycles. The van der Waals surface area contributed by atoms with Crippen LogP contribution in [0.15, 0.2) is 12.4 Å². The van der Waals surface area contributed by atoms with Gasteiger partial charge in [-0.25, -0.2) is 4.98 Å². The molecule has 0 spiro atoms. The summed E-state index contributed by atoms with van der Waals surface area (Å²) in [4.78, 5) is 4.21. The van der Waals surface area contributed by atoms with Gasteiger partial charge in [-0.05, 0) is 25.4 Å². The van der Waals surface area contributed by atoms with Gasteiger partial charge < -0.3 is 9.88 Å². The Morgan fingerprint density at radius 1 is 1.69 bits per heavy atom. The Labute approximate surface area is 83.9 Å². The van der Waals surface area contributed by atoms with E-state index in [2.05, 4.69) is 23.5 Å². The fraction of sp³-hybridized carbons (Fsp3) is 0.667. The van der Waals surface area contributed by atoms with Crippen LogP contribution in [0.5, 0.6) is 0 Å². The summed E-state index contributed by atoms with van der Waals surface area (Å²) < 4.78 is 2.00. The number of thioether (sulfide) groups is 1. The molecule has 0 fully saturated rings. The summed E-state index contributed by atoms with van der Waals surface area (Å²) in [5.41, 5.74) is 0. The van der Waals surface area contributed by atoms with E-state index in [0.717, 1.165) is 5.95 Å². The van der Waals surface area contributed by atoms with E-state index in [4.69, 9.17) is 0 Å². The molecule has 4 heteroatoms. The SMILES string of the molecule is CSCCC(C)Nc1nccn1C. The normalized spacial score (nSPS) is 12.8. The lowest BCUT2D eigenvalue weighted by molar-refractivity contribution is 0.747. The molecule has 1 N–H and O–H groups in total. The van der Waals surface area contributed by atoms with Crippen molar-refractivity contribution < 1.29 is 0 Å². The molecule has 3 nitrogen and oxygen atoms in total. The van der Waals surface area contributed by atoms with Gasteiger partial charge in [0.1, 0.15) is 0 Å². The Hall–Kier alpha value is -0.640. The van der Waals surface area contributed by atoms with Crippen molar-refractivity contribution in [1.29, 1.82) is 0 Å². The average molecular weight is 199 g/mol. The highest BCUT2D eigenvalue weighted by molar-refractivity contribution is 7.98. The molecule has 0 saturated carbocycles. The third kappa shape index (κ3) is 3.30. The van der Waals surface area contributed by atoms with Crippen LogP contribution in [0, 0.1) is 0 Å². The van der Waals surface area contributed by atoms with Crippen LogP contribution in [0.1, 0.15) is 13.3 Å². The molecule has 0 saturated heterocycles. The zero-order valence-corrected chi connectivity index (χ0v) is 9.27. The molecule has 74 valence electrons. The molecule has 0 bridgehead atoms. The second-order valence-corrected chi connectivity index (χ2v) is 4.17. The third-order valence-corrected chi connectivity index (χ3v) is 2.60. The minimum atomic E-state index is 0.494. The second kappa shape index (κ2) is 5.17. The molecule has 0 aliphatic carbocycles. The number of aromatic nitrogens is 2. The van der Waals surface area contributed by atoms with Crippen molar-refractivity contribution in [2.75, 3.05) is 17.3 Å². The summed E-state index contributed by atoms with van der Waals surface area (Å²) in [6, 6.07) is 0.494. The summed E-state index contributed by atoms with van der Waals surface area (Å²) in [5, 5.41) is 3.36. The first kappa shape index (κ1) is 10.4. The minimum absolute atomic E-state index is 0.494. The quantitative estimate of drug-likeness (QED) is 0.786. The van der Waals surface area contributed by atoms with Gasteiger partial charge in [0.2, 0.25) is 5.95 Å². The molecule has 1 atom stereocenters. The van der Waals surface area contributed by atoms with E-state index < -0.39 is 0 Å². The number of nitrogens with one attached hydrogen (secondary N) is 1. The number of aryl methyl sites for hydroxylation is 1. The Kier molecular flexibility index (Phi) is 4.15. The van der Waals surface area contributed by atoms with E-state index in [0.29, 0.717) is 6.04 Å². The van der Waals surface area contributed by atoms with Gasteiger partial charge in [0.05, 0.1) is 0 Å². The van der Waals surface area contributed by atoms with Gasteiger partial charge in [-0.3, -0.25) is 0 Å². The van der Waals surface area contributed by atoms with Gasteiger partial charge in [-0.2, -0.15) is 11.8 Å². The number of nitrogens with zero attached hydrogens (tertiary/aromatic N) is 2. The summed E-state index contributed by atoms with van der Waals surface area (Å²) in [5.74, 6) is 2.15. The van der Waals surface area contributed by atoms with Gasteiger partial charge >= 0.3 is 0 Å². The zero-order valence-electron chi connectivity index (χ0n) is 8.45. The first-order chi connectivity index (χ1) is 6.24. The van der Waals surface area contributed by atoms with Gasteiger partial charge in [0.15, 0.2) is 0 Å². The van der Waals surface area contributed by atoms with Gasteiger partial charge in [0, 0.05) is 25.5 Å². The van der Waals surface area contributed by atoms with Crippen LogP contribution < -0.4 is 5.32 Å². The molecule has 0 radical (unpaired) electrons. The topological polar surface area (TPSA) is 29.9 Å². The molecular weight excluding hydrogens is 182 g/mol. The zero-order chi connectivity index (χ0) is 9.68. The van der Waals surface area contributed by atoms with E-state index in [1.165, 1.54) is 12.2 Å². The third-order valence-electron chi connectivity index (χ3n) is 1.95. The van der Waals surface area contributed by atoms with E-state index in [1.54, 1.807) is 0 Å². The molecule has 0 aliphatic rings. The van der Waals surface area contributed by atoms with Crippen LogP contribution in [-0.4, -0.2) is 27.6 Å². The van der Waals surface area contributed by atoms with Crippen LogP contribution in [0.2, 0.25) is 0 Å².